The van der Waals surface area contributed by atoms with Crippen molar-refractivity contribution in [3.63, 3.8) is 0 Å². The lowest BCUT2D eigenvalue weighted by molar-refractivity contribution is 0.0607. The van der Waals surface area contributed by atoms with Crippen molar-refractivity contribution in [2.45, 2.75) is 32.5 Å². The second-order valence-corrected chi connectivity index (χ2v) is 2.79. The van der Waals surface area contributed by atoms with Crippen LogP contribution in [0, 0.1) is 5.92 Å². The summed E-state index contributed by atoms with van der Waals surface area (Å²) in [6.45, 7) is 7.97. The highest BCUT2D eigenvalue weighted by Gasteiger charge is 2.26. The van der Waals surface area contributed by atoms with Crippen LogP contribution in [0.1, 0.15) is 20.3 Å². The monoisotopic (exact) mass is 126 g/mol. The molecule has 0 aliphatic carbocycles. The molecule has 1 aliphatic rings. The third-order valence-electron chi connectivity index (χ3n) is 1.96. The lowest BCUT2D eigenvalue weighted by Crippen LogP contribution is -2.07. The Hall–Kier alpha value is -0.300. The van der Waals surface area contributed by atoms with Crippen LogP contribution in [-0.2, 0) is 4.74 Å². The average Bonchev–Trinajstić information content (AvgIpc) is 2.10. The van der Waals surface area contributed by atoms with Gasteiger partial charge in [0.1, 0.15) is 0 Å². The molecule has 1 fully saturated rings. The molecule has 0 bridgehead atoms. The van der Waals surface area contributed by atoms with Crippen LogP contribution < -0.4 is 0 Å². The third kappa shape index (κ3) is 1.33. The van der Waals surface area contributed by atoms with Gasteiger partial charge in [-0.1, -0.05) is 6.08 Å². The Morgan fingerprint density at radius 3 is 2.44 bits per heavy atom. The first-order valence-electron chi connectivity index (χ1n) is 3.52. The van der Waals surface area contributed by atoms with E-state index < -0.39 is 0 Å². The Balaban J connectivity index is 2.47. The summed E-state index contributed by atoms with van der Waals surface area (Å²) in [4.78, 5) is 0. The van der Waals surface area contributed by atoms with Crippen molar-refractivity contribution in [1.29, 1.82) is 0 Å². The summed E-state index contributed by atoms with van der Waals surface area (Å²) in [6.07, 6.45) is 3.96. The van der Waals surface area contributed by atoms with Crippen molar-refractivity contribution in [1.82, 2.24) is 0 Å². The summed E-state index contributed by atoms with van der Waals surface area (Å²) >= 11 is 0. The van der Waals surface area contributed by atoms with Gasteiger partial charge >= 0.3 is 0 Å². The van der Waals surface area contributed by atoms with E-state index in [9.17, 15) is 0 Å². The molecule has 1 heteroatoms. The molecule has 0 aromatic heterocycles. The molecular formula is C8H14O. The Morgan fingerprint density at radius 2 is 2.22 bits per heavy atom. The van der Waals surface area contributed by atoms with Crippen LogP contribution in [0.4, 0.5) is 0 Å². The molecule has 3 atom stereocenters. The smallest absolute Gasteiger partial charge is 0.0614 e. The molecule has 0 aromatic carbocycles. The molecule has 0 aromatic rings. The topological polar surface area (TPSA) is 9.23 Å². The molecule has 0 saturated carbocycles. The van der Waals surface area contributed by atoms with Crippen LogP contribution in [0.2, 0.25) is 0 Å². The first-order chi connectivity index (χ1) is 4.24. The molecule has 1 aliphatic heterocycles. The predicted molar refractivity (Wildman–Crippen MR) is 38.3 cm³/mol. The van der Waals surface area contributed by atoms with Crippen molar-refractivity contribution in [3.05, 3.63) is 12.7 Å². The van der Waals surface area contributed by atoms with Gasteiger partial charge < -0.3 is 4.74 Å². The summed E-state index contributed by atoms with van der Waals surface area (Å²) in [6, 6.07) is 0. The van der Waals surface area contributed by atoms with E-state index in [1.165, 1.54) is 0 Å². The number of hydrogen-bond acceptors (Lipinski definition) is 1. The van der Waals surface area contributed by atoms with Crippen molar-refractivity contribution in [3.8, 4) is 0 Å². The molecule has 0 amide bonds. The van der Waals surface area contributed by atoms with Gasteiger partial charge in [0.15, 0.2) is 0 Å². The fourth-order valence-corrected chi connectivity index (χ4v) is 1.39. The Morgan fingerprint density at radius 1 is 1.56 bits per heavy atom. The molecule has 1 rings (SSSR count). The molecule has 52 valence electrons. The maximum Gasteiger partial charge on any atom is 0.0614 e. The summed E-state index contributed by atoms with van der Waals surface area (Å²) < 4.78 is 5.49. The van der Waals surface area contributed by atoms with Gasteiger partial charge in [-0.3, -0.25) is 0 Å². The molecule has 9 heavy (non-hydrogen) atoms. The van der Waals surface area contributed by atoms with Crippen molar-refractivity contribution in [2.75, 3.05) is 0 Å². The number of rotatable bonds is 1. The van der Waals surface area contributed by atoms with E-state index in [1.807, 2.05) is 6.08 Å². The molecule has 0 spiro atoms. The summed E-state index contributed by atoms with van der Waals surface area (Å²) in [7, 11) is 0. The predicted octanol–water partition coefficient (Wildman–Crippen LogP) is 1.99. The lowest BCUT2D eigenvalue weighted by Gasteiger charge is -2.06. The van der Waals surface area contributed by atoms with Gasteiger partial charge in [0.05, 0.1) is 12.2 Å². The Bertz CT molecular complexity index is 109. The highest BCUT2D eigenvalue weighted by Crippen LogP contribution is 2.26. The minimum atomic E-state index is 0.387. The summed E-state index contributed by atoms with van der Waals surface area (Å²) in [5.41, 5.74) is 0. The van der Waals surface area contributed by atoms with E-state index in [0.717, 1.165) is 6.42 Å². The zero-order chi connectivity index (χ0) is 6.85. The average molecular weight is 126 g/mol. The van der Waals surface area contributed by atoms with E-state index in [0.29, 0.717) is 18.1 Å². The highest BCUT2D eigenvalue weighted by atomic mass is 16.5. The minimum Gasteiger partial charge on any atom is -0.375 e. The lowest BCUT2D eigenvalue weighted by atomic mass is 10.0. The van der Waals surface area contributed by atoms with Gasteiger partial charge in [-0.2, -0.15) is 0 Å². The quantitative estimate of drug-likeness (QED) is 0.488. The number of ether oxygens (including phenoxy) is 1. The minimum absolute atomic E-state index is 0.387. The van der Waals surface area contributed by atoms with Crippen molar-refractivity contribution in [2.24, 2.45) is 5.92 Å². The number of hydrogen-bond donors (Lipinski definition) is 0. The van der Waals surface area contributed by atoms with Gasteiger partial charge in [0.25, 0.3) is 0 Å². The summed E-state index contributed by atoms with van der Waals surface area (Å²) in [5.74, 6) is 0.583. The second-order valence-electron chi connectivity index (χ2n) is 2.79. The fraction of sp³-hybridized carbons (Fsp3) is 0.750. The molecule has 1 heterocycles. The first kappa shape index (κ1) is 6.81. The van der Waals surface area contributed by atoms with Crippen molar-refractivity contribution >= 4 is 0 Å². The SMILES string of the molecule is C=CC1CC(C)OC1C. The van der Waals surface area contributed by atoms with E-state index in [2.05, 4.69) is 20.4 Å². The van der Waals surface area contributed by atoms with Gasteiger partial charge in [-0.15, -0.1) is 6.58 Å². The fourth-order valence-electron chi connectivity index (χ4n) is 1.39. The van der Waals surface area contributed by atoms with Crippen LogP contribution in [0.3, 0.4) is 0 Å². The zero-order valence-corrected chi connectivity index (χ0v) is 6.13. The van der Waals surface area contributed by atoms with Gasteiger partial charge in [-0.05, 0) is 20.3 Å². The summed E-state index contributed by atoms with van der Waals surface area (Å²) in [5, 5.41) is 0. The van der Waals surface area contributed by atoms with Crippen LogP contribution in [0.25, 0.3) is 0 Å². The first-order valence-corrected chi connectivity index (χ1v) is 3.52. The second kappa shape index (κ2) is 2.53. The largest absolute Gasteiger partial charge is 0.375 e. The molecule has 0 radical (unpaired) electrons. The molecule has 1 saturated heterocycles. The molecule has 1 nitrogen and oxygen atoms in total. The van der Waals surface area contributed by atoms with Crippen LogP contribution in [0.15, 0.2) is 12.7 Å². The van der Waals surface area contributed by atoms with Crippen LogP contribution >= 0.6 is 0 Å². The molecular weight excluding hydrogens is 112 g/mol. The third-order valence-corrected chi connectivity index (χ3v) is 1.96. The zero-order valence-electron chi connectivity index (χ0n) is 6.13. The standard InChI is InChI=1S/C8H14O/c1-4-8-5-6(2)9-7(8)3/h4,6-8H,1,5H2,2-3H3. The van der Waals surface area contributed by atoms with E-state index >= 15 is 0 Å². The van der Waals surface area contributed by atoms with Crippen molar-refractivity contribution < 1.29 is 4.74 Å². The maximum absolute atomic E-state index is 5.49. The highest BCUT2D eigenvalue weighted by molar-refractivity contribution is 4.89. The van der Waals surface area contributed by atoms with E-state index in [-0.39, 0.29) is 0 Å². The Kier molecular flexibility index (Phi) is 1.91. The van der Waals surface area contributed by atoms with Crippen LogP contribution in [-0.4, -0.2) is 12.2 Å². The van der Waals surface area contributed by atoms with Gasteiger partial charge in [-0.25, -0.2) is 0 Å². The maximum atomic E-state index is 5.49. The molecule has 3 unspecified atom stereocenters. The Labute approximate surface area is 56.7 Å². The molecule has 0 N–H and O–H groups in total. The normalized spacial score (nSPS) is 43.1. The van der Waals surface area contributed by atoms with Gasteiger partial charge in [0, 0.05) is 5.92 Å². The van der Waals surface area contributed by atoms with E-state index in [1.54, 1.807) is 0 Å². The van der Waals surface area contributed by atoms with Crippen LogP contribution in [0.5, 0.6) is 0 Å². The van der Waals surface area contributed by atoms with E-state index in [4.69, 9.17) is 4.74 Å². The van der Waals surface area contributed by atoms with Gasteiger partial charge in [0.2, 0.25) is 0 Å².